The number of aromatic nitrogens is 1. The number of aryl methyl sites for hydroxylation is 2. The lowest BCUT2D eigenvalue weighted by Gasteiger charge is -2.18. The van der Waals surface area contributed by atoms with Crippen LogP contribution in [0.4, 0.5) is 5.69 Å². The summed E-state index contributed by atoms with van der Waals surface area (Å²) in [6.07, 6.45) is 3.74. The molecule has 3 aromatic rings. The predicted molar refractivity (Wildman–Crippen MR) is 104 cm³/mol. The van der Waals surface area contributed by atoms with Gasteiger partial charge in [0.15, 0.2) is 18.1 Å². The van der Waals surface area contributed by atoms with Crippen LogP contribution < -0.4 is 9.88 Å². The Hall–Kier alpha value is -3.53. The lowest BCUT2D eigenvalue weighted by Crippen LogP contribution is -2.42. The third-order valence-corrected chi connectivity index (χ3v) is 4.54. The van der Waals surface area contributed by atoms with E-state index < -0.39 is 0 Å². The van der Waals surface area contributed by atoms with Gasteiger partial charge in [-0.05, 0) is 32.0 Å². The Morgan fingerprint density at radius 3 is 1.93 bits per heavy atom. The van der Waals surface area contributed by atoms with Gasteiger partial charge in [0.1, 0.15) is 0 Å². The number of carbonyl (C=O) groups excluding carboxylic acids is 2. The molecule has 4 heteroatoms. The third kappa shape index (κ3) is 3.06. The van der Waals surface area contributed by atoms with Crippen LogP contribution in [0.3, 0.4) is 0 Å². The maximum atomic E-state index is 13.3. The summed E-state index contributed by atoms with van der Waals surface area (Å²) in [6, 6.07) is 18.4. The fourth-order valence-corrected chi connectivity index (χ4v) is 3.43. The number of anilines is 1. The average molecular weight is 355 g/mol. The van der Waals surface area contributed by atoms with E-state index in [1.54, 1.807) is 28.8 Å². The fourth-order valence-electron chi connectivity index (χ4n) is 3.43. The van der Waals surface area contributed by atoms with Gasteiger partial charge >= 0.3 is 0 Å². The van der Waals surface area contributed by atoms with Crippen LogP contribution in [0.2, 0.25) is 0 Å². The molecule has 1 aromatic heterocycles. The molecule has 132 valence electrons. The van der Waals surface area contributed by atoms with Crippen molar-refractivity contribution in [2.75, 3.05) is 5.32 Å². The maximum Gasteiger partial charge on any atom is 0.286 e. The molecule has 1 aliphatic carbocycles. The topological polar surface area (TPSA) is 50.1 Å². The third-order valence-electron chi connectivity index (χ3n) is 4.54. The zero-order valence-corrected chi connectivity index (χ0v) is 15.2. The van der Waals surface area contributed by atoms with E-state index >= 15 is 0 Å². The van der Waals surface area contributed by atoms with Gasteiger partial charge in [0.05, 0.1) is 0 Å². The van der Waals surface area contributed by atoms with E-state index in [0.29, 0.717) is 22.5 Å². The molecule has 0 spiro atoms. The summed E-state index contributed by atoms with van der Waals surface area (Å²) in [5.41, 5.74) is 4.28. The van der Waals surface area contributed by atoms with Crippen LogP contribution in [-0.4, -0.2) is 11.6 Å². The molecule has 1 heterocycles. The number of carbonyl (C=O) groups is 2. The van der Waals surface area contributed by atoms with Crippen molar-refractivity contribution in [1.82, 2.24) is 0 Å². The summed E-state index contributed by atoms with van der Waals surface area (Å²) in [4.78, 5) is 26.5. The van der Waals surface area contributed by atoms with Crippen molar-refractivity contribution in [3.63, 3.8) is 0 Å². The monoisotopic (exact) mass is 355 g/mol. The van der Waals surface area contributed by atoms with E-state index in [9.17, 15) is 9.59 Å². The number of hydrogen-bond donors (Lipinski definition) is 1. The number of para-hydroxylation sites is 1. The molecule has 0 aliphatic heterocycles. The Balaban J connectivity index is 1.96. The van der Waals surface area contributed by atoms with Gasteiger partial charge in [-0.1, -0.05) is 42.5 Å². The van der Waals surface area contributed by atoms with Gasteiger partial charge in [-0.15, -0.1) is 0 Å². The number of nitrogens with one attached hydrogen (secondary N) is 1. The van der Waals surface area contributed by atoms with E-state index in [-0.39, 0.29) is 11.6 Å². The first-order chi connectivity index (χ1) is 13.0. The number of fused-ring (bicyclic) bond motifs is 1. The molecule has 0 saturated heterocycles. The smallest absolute Gasteiger partial charge is 0.286 e. The van der Waals surface area contributed by atoms with Gasteiger partial charge < -0.3 is 5.32 Å². The first kappa shape index (κ1) is 16.9. The van der Waals surface area contributed by atoms with E-state index in [1.807, 2.05) is 62.6 Å². The number of rotatable bonds is 3. The lowest BCUT2D eigenvalue weighted by atomic mass is 9.90. The minimum absolute atomic E-state index is 0.168. The second kappa shape index (κ2) is 6.65. The Labute approximate surface area is 157 Å². The highest BCUT2D eigenvalue weighted by atomic mass is 16.1. The normalized spacial score (nSPS) is 13.6. The van der Waals surface area contributed by atoms with Gasteiger partial charge in [0, 0.05) is 27.9 Å². The van der Waals surface area contributed by atoms with E-state index in [4.69, 9.17) is 0 Å². The highest BCUT2D eigenvalue weighted by molar-refractivity contribution is 6.36. The van der Waals surface area contributed by atoms with Crippen LogP contribution in [0.15, 0.2) is 78.8 Å². The van der Waals surface area contributed by atoms with Gasteiger partial charge in [0.25, 0.3) is 11.5 Å². The van der Waals surface area contributed by atoms with Crippen molar-refractivity contribution in [2.24, 2.45) is 0 Å². The SMILES string of the molecule is Cc1cc(C)c[n+](C2=C(Nc3ccccc3)C(=O)c3ccccc3C2=O)c1. The molecule has 0 atom stereocenters. The first-order valence-corrected chi connectivity index (χ1v) is 8.79. The zero-order valence-electron chi connectivity index (χ0n) is 15.2. The Morgan fingerprint density at radius 2 is 1.30 bits per heavy atom. The van der Waals surface area contributed by atoms with E-state index in [1.165, 1.54) is 0 Å². The molecule has 2 aromatic carbocycles. The number of Topliss-reactive ketones (excluding diaryl/α,β-unsaturated/α-hetero) is 2. The standard InChI is InChI=1S/C23H18N2O2/c1-15-12-16(2)14-25(13-15)21-20(24-17-8-4-3-5-9-17)22(26)18-10-6-7-11-19(18)23(21)27/h3-14H,1-2H3/p+1. The van der Waals surface area contributed by atoms with Crippen molar-refractivity contribution >= 4 is 23.0 Å². The molecular formula is C23H19N2O2+. The molecule has 0 amide bonds. The largest absolute Gasteiger partial charge is 0.347 e. The maximum absolute atomic E-state index is 13.3. The van der Waals surface area contributed by atoms with Crippen molar-refractivity contribution in [3.05, 3.63) is 101 Å². The Bertz CT molecular complexity index is 1080. The van der Waals surface area contributed by atoms with Crippen molar-refractivity contribution in [3.8, 4) is 0 Å². The number of allylic oxidation sites excluding steroid dienone is 2. The zero-order chi connectivity index (χ0) is 19.0. The van der Waals surface area contributed by atoms with E-state index in [2.05, 4.69) is 5.32 Å². The molecule has 0 unspecified atom stereocenters. The van der Waals surface area contributed by atoms with Crippen LogP contribution in [0, 0.1) is 13.8 Å². The van der Waals surface area contributed by atoms with Crippen LogP contribution in [0.5, 0.6) is 0 Å². The van der Waals surface area contributed by atoms with Gasteiger partial charge in [-0.3, -0.25) is 9.59 Å². The number of benzene rings is 2. The summed E-state index contributed by atoms with van der Waals surface area (Å²) in [5.74, 6) is -0.352. The van der Waals surface area contributed by atoms with Crippen molar-refractivity contribution in [2.45, 2.75) is 13.8 Å². The summed E-state index contributed by atoms with van der Waals surface area (Å²) >= 11 is 0. The molecule has 4 nitrogen and oxygen atoms in total. The first-order valence-electron chi connectivity index (χ1n) is 8.79. The molecule has 4 rings (SSSR count). The summed E-state index contributed by atoms with van der Waals surface area (Å²) < 4.78 is 1.76. The van der Waals surface area contributed by atoms with Crippen LogP contribution in [0.25, 0.3) is 5.70 Å². The molecule has 0 saturated carbocycles. The molecular weight excluding hydrogens is 336 g/mol. The molecule has 0 bridgehead atoms. The number of hydrogen-bond acceptors (Lipinski definition) is 3. The molecule has 0 radical (unpaired) electrons. The average Bonchev–Trinajstić information content (AvgIpc) is 2.66. The summed E-state index contributed by atoms with van der Waals surface area (Å²) in [5, 5.41) is 3.18. The number of nitrogens with zero attached hydrogens (tertiary/aromatic N) is 1. The van der Waals surface area contributed by atoms with Gasteiger partial charge in [-0.2, -0.15) is 4.57 Å². The number of ketones is 2. The quantitative estimate of drug-likeness (QED) is 0.724. The lowest BCUT2D eigenvalue weighted by molar-refractivity contribution is -0.578. The minimum Gasteiger partial charge on any atom is -0.347 e. The van der Waals surface area contributed by atoms with Crippen LogP contribution in [-0.2, 0) is 0 Å². The second-order valence-electron chi connectivity index (χ2n) is 6.72. The predicted octanol–water partition coefficient (Wildman–Crippen LogP) is 3.95. The highest BCUT2D eigenvalue weighted by Gasteiger charge is 2.38. The minimum atomic E-state index is -0.185. The van der Waals surface area contributed by atoms with Crippen molar-refractivity contribution in [1.29, 1.82) is 0 Å². The van der Waals surface area contributed by atoms with Gasteiger partial charge in [0.2, 0.25) is 5.78 Å². The summed E-state index contributed by atoms with van der Waals surface area (Å²) in [7, 11) is 0. The molecule has 1 N–H and O–H groups in total. The van der Waals surface area contributed by atoms with Crippen molar-refractivity contribution < 1.29 is 14.2 Å². The van der Waals surface area contributed by atoms with E-state index in [0.717, 1.165) is 16.8 Å². The molecule has 0 fully saturated rings. The van der Waals surface area contributed by atoms with Crippen LogP contribution >= 0.6 is 0 Å². The molecule has 27 heavy (non-hydrogen) atoms. The molecule has 1 aliphatic rings. The Kier molecular flexibility index (Phi) is 4.16. The van der Waals surface area contributed by atoms with Gasteiger partial charge in [-0.25, -0.2) is 0 Å². The fraction of sp³-hybridized carbons (Fsp3) is 0.0870. The van der Waals surface area contributed by atoms with Crippen LogP contribution in [0.1, 0.15) is 31.8 Å². The summed E-state index contributed by atoms with van der Waals surface area (Å²) in [6.45, 7) is 3.94. The number of pyridine rings is 1. The Morgan fingerprint density at radius 1 is 0.741 bits per heavy atom. The highest BCUT2D eigenvalue weighted by Crippen LogP contribution is 2.27. The second-order valence-corrected chi connectivity index (χ2v) is 6.72.